The minimum Gasteiger partial charge on any atom is -0.381 e. The summed E-state index contributed by atoms with van der Waals surface area (Å²) in [5.41, 5.74) is 1.16. The lowest BCUT2D eigenvalue weighted by molar-refractivity contribution is 0.0620. The zero-order valence-corrected chi connectivity index (χ0v) is 14.8. The van der Waals surface area contributed by atoms with Gasteiger partial charge in [-0.3, -0.25) is 0 Å². The number of nitrogens with zero attached hydrogens (tertiary/aromatic N) is 1. The number of ether oxygens (including phenoxy) is 1. The quantitative estimate of drug-likeness (QED) is 0.855. The molecule has 0 unspecified atom stereocenters. The van der Waals surface area contributed by atoms with Crippen molar-refractivity contribution in [2.75, 3.05) is 26.8 Å². The van der Waals surface area contributed by atoms with Crippen LogP contribution in [0.4, 0.5) is 0 Å². The van der Waals surface area contributed by atoms with Crippen LogP contribution in [0, 0.1) is 5.92 Å². The molecule has 22 heavy (non-hydrogen) atoms. The molecule has 0 atom stereocenters. The summed E-state index contributed by atoms with van der Waals surface area (Å²) in [4.78, 5) is 0.370. The Kier molecular flexibility index (Phi) is 5.30. The van der Waals surface area contributed by atoms with Gasteiger partial charge in [0.1, 0.15) is 0 Å². The average molecular weight is 325 g/mol. The van der Waals surface area contributed by atoms with E-state index in [0.717, 1.165) is 31.6 Å². The maximum absolute atomic E-state index is 12.7. The van der Waals surface area contributed by atoms with Crippen molar-refractivity contribution in [2.45, 2.75) is 43.9 Å². The standard InChI is InChI=1S/C17H27NO3S/c1-17(2,3)15-5-7-16(8-6-15)22(19,20)18(4)13-14-9-11-21-12-10-14/h5-8,14H,9-13H2,1-4H3. The largest absolute Gasteiger partial charge is 0.381 e. The van der Waals surface area contributed by atoms with Gasteiger partial charge in [-0.15, -0.1) is 0 Å². The molecule has 0 bridgehead atoms. The van der Waals surface area contributed by atoms with Crippen molar-refractivity contribution in [3.63, 3.8) is 0 Å². The van der Waals surface area contributed by atoms with E-state index in [-0.39, 0.29) is 5.41 Å². The van der Waals surface area contributed by atoms with Crippen LogP contribution in [-0.2, 0) is 20.2 Å². The van der Waals surface area contributed by atoms with E-state index in [1.54, 1.807) is 19.2 Å². The summed E-state index contributed by atoms with van der Waals surface area (Å²) in [6, 6.07) is 7.26. The summed E-state index contributed by atoms with van der Waals surface area (Å²) in [6.07, 6.45) is 1.87. The first-order valence-corrected chi connectivity index (χ1v) is 9.30. The minimum atomic E-state index is -3.41. The van der Waals surface area contributed by atoms with Crippen molar-refractivity contribution in [1.82, 2.24) is 4.31 Å². The highest BCUT2D eigenvalue weighted by molar-refractivity contribution is 7.89. The van der Waals surface area contributed by atoms with Crippen molar-refractivity contribution in [2.24, 2.45) is 5.92 Å². The fraction of sp³-hybridized carbons (Fsp3) is 0.647. The van der Waals surface area contributed by atoms with E-state index in [9.17, 15) is 8.42 Å². The van der Waals surface area contributed by atoms with E-state index in [4.69, 9.17) is 4.74 Å². The topological polar surface area (TPSA) is 46.6 Å². The molecule has 1 aliphatic rings. The summed E-state index contributed by atoms with van der Waals surface area (Å²) in [5, 5.41) is 0. The van der Waals surface area contributed by atoms with Crippen molar-refractivity contribution < 1.29 is 13.2 Å². The van der Waals surface area contributed by atoms with Gasteiger partial charge in [-0.2, -0.15) is 0 Å². The number of hydrogen-bond donors (Lipinski definition) is 0. The molecule has 1 fully saturated rings. The number of hydrogen-bond acceptors (Lipinski definition) is 3. The molecule has 0 spiro atoms. The Balaban J connectivity index is 2.11. The second kappa shape index (κ2) is 6.69. The smallest absolute Gasteiger partial charge is 0.242 e. The van der Waals surface area contributed by atoms with Crippen LogP contribution in [0.1, 0.15) is 39.2 Å². The molecular weight excluding hydrogens is 298 g/mol. The zero-order valence-electron chi connectivity index (χ0n) is 14.0. The van der Waals surface area contributed by atoms with Gasteiger partial charge in [0.15, 0.2) is 0 Å². The van der Waals surface area contributed by atoms with Crippen LogP contribution in [0.5, 0.6) is 0 Å². The van der Waals surface area contributed by atoms with E-state index in [0.29, 0.717) is 17.4 Å². The maximum atomic E-state index is 12.7. The van der Waals surface area contributed by atoms with Crippen molar-refractivity contribution in [1.29, 1.82) is 0 Å². The Bertz CT molecular complexity index is 581. The van der Waals surface area contributed by atoms with E-state index in [2.05, 4.69) is 20.8 Å². The SMILES string of the molecule is CN(CC1CCOCC1)S(=O)(=O)c1ccc(C(C)(C)C)cc1. The van der Waals surface area contributed by atoms with Crippen LogP contribution in [0.15, 0.2) is 29.2 Å². The first-order valence-electron chi connectivity index (χ1n) is 7.86. The lowest BCUT2D eigenvalue weighted by atomic mass is 9.87. The summed E-state index contributed by atoms with van der Waals surface area (Å²) < 4.78 is 32.1. The molecule has 0 amide bonds. The molecule has 1 heterocycles. The fourth-order valence-corrected chi connectivity index (χ4v) is 3.94. The van der Waals surface area contributed by atoms with Crippen molar-refractivity contribution in [3.05, 3.63) is 29.8 Å². The number of rotatable bonds is 4. The van der Waals surface area contributed by atoms with Gasteiger partial charge in [0, 0.05) is 26.8 Å². The monoisotopic (exact) mass is 325 g/mol. The lowest BCUT2D eigenvalue weighted by Gasteiger charge is -2.27. The molecule has 4 nitrogen and oxygen atoms in total. The predicted octanol–water partition coefficient (Wildman–Crippen LogP) is 3.03. The molecule has 0 aliphatic carbocycles. The summed E-state index contributed by atoms with van der Waals surface area (Å²) in [7, 11) is -1.74. The summed E-state index contributed by atoms with van der Waals surface area (Å²) in [6.45, 7) is 8.39. The minimum absolute atomic E-state index is 0.0241. The Labute approximate surface area is 134 Å². The van der Waals surface area contributed by atoms with E-state index >= 15 is 0 Å². The molecule has 0 N–H and O–H groups in total. The van der Waals surface area contributed by atoms with Crippen molar-refractivity contribution in [3.8, 4) is 0 Å². The molecular formula is C17H27NO3S. The Hall–Kier alpha value is -0.910. The molecule has 0 radical (unpaired) electrons. The van der Waals surface area contributed by atoms with Crippen LogP contribution in [0.3, 0.4) is 0 Å². The predicted molar refractivity (Wildman–Crippen MR) is 88.5 cm³/mol. The molecule has 0 saturated carbocycles. The molecule has 124 valence electrons. The van der Waals surface area contributed by atoms with Crippen LogP contribution in [0.25, 0.3) is 0 Å². The zero-order chi connectivity index (χ0) is 16.4. The van der Waals surface area contributed by atoms with Gasteiger partial charge in [-0.25, -0.2) is 12.7 Å². The molecule has 0 aromatic heterocycles. The van der Waals surface area contributed by atoms with Crippen LogP contribution < -0.4 is 0 Å². The number of benzene rings is 1. The highest BCUT2D eigenvalue weighted by Crippen LogP contribution is 2.25. The van der Waals surface area contributed by atoms with Crippen molar-refractivity contribution >= 4 is 10.0 Å². The van der Waals surface area contributed by atoms with Gasteiger partial charge < -0.3 is 4.74 Å². The normalized spacial score (nSPS) is 17.9. The first kappa shape index (κ1) is 17.4. The number of sulfonamides is 1. The van der Waals surface area contributed by atoms with Crippen LogP contribution >= 0.6 is 0 Å². The summed E-state index contributed by atoms with van der Waals surface area (Å²) in [5.74, 6) is 0.391. The first-order chi connectivity index (χ1) is 10.2. The Morgan fingerprint density at radius 2 is 1.68 bits per heavy atom. The molecule has 1 saturated heterocycles. The molecule has 1 aliphatic heterocycles. The molecule has 1 aromatic rings. The third-order valence-corrected chi connectivity index (χ3v) is 6.12. The van der Waals surface area contributed by atoms with Gasteiger partial charge in [0.25, 0.3) is 0 Å². The van der Waals surface area contributed by atoms with E-state index in [1.165, 1.54) is 4.31 Å². The van der Waals surface area contributed by atoms with Gasteiger partial charge >= 0.3 is 0 Å². The summed E-state index contributed by atoms with van der Waals surface area (Å²) >= 11 is 0. The van der Waals surface area contributed by atoms with Gasteiger partial charge in [-0.05, 0) is 41.9 Å². The van der Waals surface area contributed by atoms with Crippen LogP contribution in [-0.4, -0.2) is 39.5 Å². The molecule has 2 rings (SSSR count). The molecule has 1 aromatic carbocycles. The lowest BCUT2D eigenvalue weighted by Crippen LogP contribution is -2.34. The fourth-order valence-electron chi connectivity index (χ4n) is 2.70. The third kappa shape index (κ3) is 4.09. The van der Waals surface area contributed by atoms with Gasteiger partial charge in [-0.1, -0.05) is 32.9 Å². The second-order valence-corrected chi connectivity index (χ2v) is 9.16. The van der Waals surface area contributed by atoms with E-state index < -0.39 is 10.0 Å². The van der Waals surface area contributed by atoms with Gasteiger partial charge in [0.05, 0.1) is 4.90 Å². The highest BCUT2D eigenvalue weighted by Gasteiger charge is 2.25. The Morgan fingerprint density at radius 3 is 2.18 bits per heavy atom. The van der Waals surface area contributed by atoms with E-state index in [1.807, 2.05) is 12.1 Å². The maximum Gasteiger partial charge on any atom is 0.242 e. The second-order valence-electron chi connectivity index (χ2n) is 7.12. The van der Waals surface area contributed by atoms with Crippen LogP contribution in [0.2, 0.25) is 0 Å². The highest BCUT2D eigenvalue weighted by atomic mass is 32.2. The third-order valence-electron chi connectivity index (χ3n) is 4.28. The average Bonchev–Trinajstić information content (AvgIpc) is 2.47. The van der Waals surface area contributed by atoms with Gasteiger partial charge in [0.2, 0.25) is 10.0 Å². The molecule has 5 heteroatoms. The Morgan fingerprint density at radius 1 is 1.14 bits per heavy atom.